The van der Waals surface area contributed by atoms with Gasteiger partial charge < -0.3 is 0 Å². The molecule has 0 bridgehead atoms. The molecule has 2 aromatic rings. The van der Waals surface area contributed by atoms with Gasteiger partial charge in [-0.1, -0.05) is 57.3 Å². The molecule has 0 N–H and O–H groups in total. The van der Waals surface area contributed by atoms with E-state index in [4.69, 9.17) is 23.2 Å². The Morgan fingerprint density at radius 1 is 1.11 bits per heavy atom. The number of ketones is 1. The van der Waals surface area contributed by atoms with Crippen LogP contribution in [0.2, 0.25) is 10.0 Å². The Bertz CT molecular complexity index is 650. The van der Waals surface area contributed by atoms with E-state index in [0.29, 0.717) is 15.6 Å². The molecule has 0 aromatic heterocycles. The van der Waals surface area contributed by atoms with Crippen LogP contribution in [-0.2, 0) is 0 Å². The molecule has 0 saturated heterocycles. The van der Waals surface area contributed by atoms with Gasteiger partial charge in [-0.3, -0.25) is 4.79 Å². The number of allylic oxidation sites excluding steroid dienone is 1. The third kappa shape index (κ3) is 3.93. The highest BCUT2D eigenvalue weighted by Gasteiger charge is 2.07. The average Bonchev–Trinajstić information content (AvgIpc) is 2.36. The van der Waals surface area contributed by atoms with Crippen molar-refractivity contribution in [3.05, 3.63) is 74.2 Å². The molecular weight excluding hydrogens is 347 g/mol. The fraction of sp³-hybridized carbons (Fsp3) is 0. The smallest absolute Gasteiger partial charge is 0.187 e. The van der Waals surface area contributed by atoms with Crippen LogP contribution in [0.4, 0.5) is 0 Å². The first-order valence-electron chi connectivity index (χ1n) is 5.49. The van der Waals surface area contributed by atoms with Crippen molar-refractivity contribution >= 4 is 51.0 Å². The number of carbonyl (C=O) groups is 1. The largest absolute Gasteiger partial charge is 0.289 e. The Kier molecular flexibility index (Phi) is 4.81. The maximum atomic E-state index is 12.0. The van der Waals surface area contributed by atoms with Gasteiger partial charge >= 0.3 is 0 Å². The monoisotopic (exact) mass is 354 g/mol. The van der Waals surface area contributed by atoms with Gasteiger partial charge in [0, 0.05) is 15.1 Å². The Morgan fingerprint density at radius 2 is 1.89 bits per heavy atom. The summed E-state index contributed by atoms with van der Waals surface area (Å²) in [5.41, 5.74) is 1.38. The van der Waals surface area contributed by atoms with E-state index in [-0.39, 0.29) is 5.78 Å². The highest BCUT2D eigenvalue weighted by molar-refractivity contribution is 9.10. The lowest BCUT2D eigenvalue weighted by atomic mass is 10.1. The molecule has 2 rings (SSSR count). The third-order valence-electron chi connectivity index (χ3n) is 2.47. The van der Waals surface area contributed by atoms with E-state index >= 15 is 0 Å². The van der Waals surface area contributed by atoms with E-state index in [1.54, 1.807) is 24.3 Å². The Balaban J connectivity index is 2.21. The number of rotatable bonds is 3. The van der Waals surface area contributed by atoms with Gasteiger partial charge in [0.05, 0.1) is 5.02 Å². The van der Waals surface area contributed by atoms with E-state index in [0.717, 1.165) is 10.0 Å². The lowest BCUT2D eigenvalue weighted by molar-refractivity contribution is 0.104. The topological polar surface area (TPSA) is 17.1 Å². The van der Waals surface area contributed by atoms with Gasteiger partial charge in [-0.15, -0.1) is 0 Å². The van der Waals surface area contributed by atoms with Crippen LogP contribution in [0.15, 0.2) is 53.0 Å². The SMILES string of the molecule is O=C(C=Cc1cccc(Br)c1)c1ccc(Cl)cc1Cl. The molecule has 0 heterocycles. The van der Waals surface area contributed by atoms with Crippen molar-refractivity contribution in [2.45, 2.75) is 0 Å². The van der Waals surface area contributed by atoms with Crippen LogP contribution >= 0.6 is 39.1 Å². The second kappa shape index (κ2) is 6.38. The molecule has 0 spiro atoms. The molecule has 1 nitrogen and oxygen atoms in total. The predicted molar refractivity (Wildman–Crippen MR) is 84.0 cm³/mol. The van der Waals surface area contributed by atoms with Gasteiger partial charge in [-0.25, -0.2) is 0 Å². The molecule has 4 heteroatoms. The summed E-state index contributed by atoms with van der Waals surface area (Å²) in [6.45, 7) is 0. The van der Waals surface area contributed by atoms with Crippen molar-refractivity contribution in [3.63, 3.8) is 0 Å². The molecule has 0 aliphatic rings. The summed E-state index contributed by atoms with van der Waals surface area (Å²) in [7, 11) is 0. The van der Waals surface area contributed by atoms with Crippen LogP contribution in [0.1, 0.15) is 15.9 Å². The summed E-state index contributed by atoms with van der Waals surface area (Å²) in [6.07, 6.45) is 3.24. The molecule has 0 radical (unpaired) electrons. The minimum Gasteiger partial charge on any atom is -0.289 e. The Hall–Kier alpha value is -1.09. The van der Waals surface area contributed by atoms with E-state index < -0.39 is 0 Å². The fourth-order valence-corrected chi connectivity index (χ4v) is 2.48. The van der Waals surface area contributed by atoms with Crippen LogP contribution in [0.25, 0.3) is 6.08 Å². The zero-order valence-corrected chi connectivity index (χ0v) is 12.8. The lowest BCUT2D eigenvalue weighted by Gasteiger charge is -2.00. The standard InChI is InChI=1S/C15H9BrCl2O/c16-11-3-1-2-10(8-11)4-7-15(19)13-6-5-12(17)9-14(13)18/h1-9H. The number of carbonyl (C=O) groups excluding carboxylic acids is 1. The van der Waals surface area contributed by atoms with Crippen LogP contribution < -0.4 is 0 Å². The molecule has 19 heavy (non-hydrogen) atoms. The van der Waals surface area contributed by atoms with Gasteiger partial charge in [-0.2, -0.15) is 0 Å². The first kappa shape index (κ1) is 14.3. The molecule has 0 amide bonds. The third-order valence-corrected chi connectivity index (χ3v) is 3.51. The fourth-order valence-electron chi connectivity index (χ4n) is 1.56. The van der Waals surface area contributed by atoms with Crippen LogP contribution in [-0.4, -0.2) is 5.78 Å². The molecule has 0 unspecified atom stereocenters. The normalized spacial score (nSPS) is 10.9. The molecule has 0 fully saturated rings. The number of hydrogen-bond acceptors (Lipinski definition) is 1. The molecule has 96 valence electrons. The molecule has 0 aliphatic carbocycles. The first-order chi connectivity index (χ1) is 9.06. The second-order valence-corrected chi connectivity index (χ2v) is 5.64. The summed E-state index contributed by atoms with van der Waals surface area (Å²) in [4.78, 5) is 12.0. The van der Waals surface area contributed by atoms with Crippen LogP contribution in [0.5, 0.6) is 0 Å². The molecule has 0 aliphatic heterocycles. The second-order valence-electron chi connectivity index (χ2n) is 3.88. The number of hydrogen-bond donors (Lipinski definition) is 0. The minimum atomic E-state index is -0.151. The van der Waals surface area contributed by atoms with Gasteiger partial charge in [0.2, 0.25) is 0 Å². The zero-order chi connectivity index (χ0) is 13.8. The number of benzene rings is 2. The summed E-state index contributed by atoms with van der Waals surface area (Å²) in [6, 6.07) is 12.5. The van der Waals surface area contributed by atoms with Gasteiger partial charge in [0.1, 0.15) is 0 Å². The van der Waals surface area contributed by atoms with E-state index in [2.05, 4.69) is 15.9 Å². The van der Waals surface area contributed by atoms with E-state index in [1.165, 1.54) is 6.08 Å². The average molecular weight is 356 g/mol. The molecule has 2 aromatic carbocycles. The van der Waals surface area contributed by atoms with Gasteiger partial charge in [0.25, 0.3) is 0 Å². The van der Waals surface area contributed by atoms with Crippen molar-refractivity contribution < 1.29 is 4.79 Å². The molecular formula is C15H9BrCl2O. The maximum Gasteiger partial charge on any atom is 0.187 e. The summed E-state index contributed by atoms with van der Waals surface area (Å²) in [5.74, 6) is -0.151. The molecule has 0 atom stereocenters. The van der Waals surface area contributed by atoms with Crippen molar-refractivity contribution in [2.24, 2.45) is 0 Å². The van der Waals surface area contributed by atoms with Crippen LogP contribution in [0.3, 0.4) is 0 Å². The highest BCUT2D eigenvalue weighted by Crippen LogP contribution is 2.22. The summed E-state index contributed by atoms with van der Waals surface area (Å²) in [5, 5.41) is 0.869. The Morgan fingerprint density at radius 3 is 2.58 bits per heavy atom. The first-order valence-corrected chi connectivity index (χ1v) is 7.04. The molecule has 0 saturated carbocycles. The summed E-state index contributed by atoms with van der Waals surface area (Å²) < 4.78 is 0.964. The zero-order valence-electron chi connectivity index (χ0n) is 9.74. The van der Waals surface area contributed by atoms with Crippen molar-refractivity contribution in [1.29, 1.82) is 0 Å². The number of halogens is 3. The highest BCUT2D eigenvalue weighted by atomic mass is 79.9. The lowest BCUT2D eigenvalue weighted by Crippen LogP contribution is -1.95. The maximum absolute atomic E-state index is 12.0. The van der Waals surface area contributed by atoms with Gasteiger partial charge in [0.15, 0.2) is 5.78 Å². The van der Waals surface area contributed by atoms with Crippen molar-refractivity contribution in [1.82, 2.24) is 0 Å². The Labute approximate surface area is 130 Å². The quantitative estimate of drug-likeness (QED) is 0.513. The summed E-state index contributed by atoms with van der Waals surface area (Å²) >= 11 is 15.2. The van der Waals surface area contributed by atoms with E-state index in [1.807, 2.05) is 24.3 Å². The van der Waals surface area contributed by atoms with E-state index in [9.17, 15) is 4.79 Å². The van der Waals surface area contributed by atoms with Crippen LogP contribution in [0, 0.1) is 0 Å². The minimum absolute atomic E-state index is 0.151. The predicted octanol–water partition coefficient (Wildman–Crippen LogP) is 5.65. The van der Waals surface area contributed by atoms with Crippen molar-refractivity contribution in [2.75, 3.05) is 0 Å². The van der Waals surface area contributed by atoms with Crippen molar-refractivity contribution in [3.8, 4) is 0 Å². The van der Waals surface area contributed by atoms with Gasteiger partial charge in [-0.05, 0) is 42.0 Å².